The van der Waals surface area contributed by atoms with E-state index in [-0.39, 0.29) is 12.3 Å². The molecule has 0 aliphatic carbocycles. The maximum Gasteiger partial charge on any atom is 0.340 e. The molecule has 2 bridgehead atoms. The van der Waals surface area contributed by atoms with E-state index in [9.17, 15) is 4.79 Å². The lowest BCUT2D eigenvalue weighted by Crippen LogP contribution is -2.37. The standard InChI is InChI=1S/C8H12O3/c1-5-3-4-8(2)7(9)10-6(5)11-8/h5-6H,3-4H2,1-2H3/t5-,6-,8+/m1/s1. The van der Waals surface area contributed by atoms with E-state index < -0.39 is 5.60 Å². The zero-order valence-corrected chi connectivity index (χ0v) is 6.79. The molecule has 2 aliphatic heterocycles. The number of hydrogen-bond donors (Lipinski definition) is 0. The van der Waals surface area contributed by atoms with Gasteiger partial charge >= 0.3 is 5.97 Å². The van der Waals surface area contributed by atoms with Gasteiger partial charge in [-0.3, -0.25) is 0 Å². The largest absolute Gasteiger partial charge is 0.433 e. The Kier molecular flexibility index (Phi) is 1.27. The minimum absolute atomic E-state index is 0.188. The van der Waals surface area contributed by atoms with E-state index in [1.54, 1.807) is 6.92 Å². The average Bonchev–Trinajstić information content (AvgIpc) is 2.20. The van der Waals surface area contributed by atoms with E-state index in [4.69, 9.17) is 9.47 Å². The Hall–Kier alpha value is -0.570. The van der Waals surface area contributed by atoms with Crippen LogP contribution in [0.4, 0.5) is 0 Å². The number of carbonyl (C=O) groups excluding carboxylic acids is 1. The minimum Gasteiger partial charge on any atom is -0.433 e. The van der Waals surface area contributed by atoms with Crippen molar-refractivity contribution in [1.82, 2.24) is 0 Å². The SMILES string of the molecule is C[C@@H]1CC[C@]2(C)O[C@H]1OC2=O. The van der Waals surface area contributed by atoms with Crippen LogP contribution < -0.4 is 0 Å². The third-order valence-electron chi connectivity index (χ3n) is 2.57. The lowest BCUT2D eigenvalue weighted by Gasteiger charge is -2.27. The first-order valence-electron chi connectivity index (χ1n) is 4.01. The van der Waals surface area contributed by atoms with E-state index in [1.165, 1.54) is 0 Å². The molecule has 0 spiro atoms. The minimum atomic E-state index is -0.628. The quantitative estimate of drug-likeness (QED) is 0.492. The van der Waals surface area contributed by atoms with Crippen LogP contribution in [0.15, 0.2) is 0 Å². The molecule has 0 aromatic heterocycles. The summed E-state index contributed by atoms with van der Waals surface area (Å²) in [5, 5.41) is 0. The number of esters is 1. The van der Waals surface area contributed by atoms with Gasteiger partial charge in [0.05, 0.1) is 0 Å². The van der Waals surface area contributed by atoms with E-state index in [0.29, 0.717) is 5.92 Å². The second kappa shape index (κ2) is 1.97. The normalized spacial score (nSPS) is 49.1. The van der Waals surface area contributed by atoms with Gasteiger partial charge in [0.25, 0.3) is 0 Å². The molecule has 0 radical (unpaired) electrons. The van der Waals surface area contributed by atoms with Gasteiger partial charge in [-0.05, 0) is 19.8 Å². The molecule has 62 valence electrons. The first-order chi connectivity index (χ1) is 5.12. The summed E-state index contributed by atoms with van der Waals surface area (Å²) < 4.78 is 10.5. The fourth-order valence-electron chi connectivity index (χ4n) is 1.59. The van der Waals surface area contributed by atoms with Gasteiger partial charge in [-0.2, -0.15) is 0 Å². The number of fused-ring (bicyclic) bond motifs is 2. The summed E-state index contributed by atoms with van der Waals surface area (Å²) in [6.45, 7) is 3.85. The van der Waals surface area contributed by atoms with E-state index in [2.05, 4.69) is 0 Å². The van der Waals surface area contributed by atoms with Crippen molar-refractivity contribution in [3.05, 3.63) is 0 Å². The van der Waals surface area contributed by atoms with Crippen LogP contribution in [0.3, 0.4) is 0 Å². The van der Waals surface area contributed by atoms with Gasteiger partial charge in [0, 0.05) is 5.92 Å². The molecule has 0 aromatic carbocycles. The van der Waals surface area contributed by atoms with Crippen LogP contribution in [-0.2, 0) is 14.3 Å². The van der Waals surface area contributed by atoms with Crippen LogP contribution in [0.5, 0.6) is 0 Å². The Labute approximate surface area is 65.7 Å². The number of ether oxygens (including phenoxy) is 2. The van der Waals surface area contributed by atoms with E-state index in [0.717, 1.165) is 12.8 Å². The Bertz CT molecular complexity index is 202. The molecular formula is C8H12O3. The van der Waals surface area contributed by atoms with Crippen LogP contribution in [0.25, 0.3) is 0 Å². The van der Waals surface area contributed by atoms with Crippen LogP contribution in [0.1, 0.15) is 26.7 Å². The Balaban J connectivity index is 2.24. The molecule has 2 rings (SSSR count). The van der Waals surface area contributed by atoms with Gasteiger partial charge in [-0.15, -0.1) is 0 Å². The lowest BCUT2D eigenvalue weighted by atomic mass is 9.92. The molecule has 0 N–H and O–H groups in total. The molecule has 2 fully saturated rings. The Morgan fingerprint density at radius 2 is 2.36 bits per heavy atom. The highest BCUT2D eigenvalue weighted by Gasteiger charge is 2.51. The van der Waals surface area contributed by atoms with Gasteiger partial charge in [-0.25, -0.2) is 4.79 Å². The summed E-state index contributed by atoms with van der Waals surface area (Å²) in [5.74, 6) is 0.168. The van der Waals surface area contributed by atoms with E-state index >= 15 is 0 Å². The molecule has 0 amide bonds. The van der Waals surface area contributed by atoms with E-state index in [1.807, 2.05) is 6.92 Å². The highest BCUT2D eigenvalue weighted by molar-refractivity contribution is 5.80. The Morgan fingerprint density at radius 3 is 3.00 bits per heavy atom. The first-order valence-corrected chi connectivity index (χ1v) is 4.01. The van der Waals surface area contributed by atoms with Crippen molar-refractivity contribution in [1.29, 1.82) is 0 Å². The van der Waals surface area contributed by atoms with Crippen LogP contribution in [-0.4, -0.2) is 17.9 Å². The zero-order valence-electron chi connectivity index (χ0n) is 6.79. The Morgan fingerprint density at radius 1 is 1.64 bits per heavy atom. The van der Waals surface area contributed by atoms with Gasteiger partial charge in [0.2, 0.25) is 6.29 Å². The predicted octanol–water partition coefficient (Wildman–Crippen LogP) is 1.07. The fraction of sp³-hybridized carbons (Fsp3) is 0.875. The maximum atomic E-state index is 11.2. The summed E-state index contributed by atoms with van der Waals surface area (Å²) >= 11 is 0. The van der Waals surface area contributed by atoms with Crippen molar-refractivity contribution in [2.24, 2.45) is 5.92 Å². The highest BCUT2D eigenvalue weighted by Crippen LogP contribution is 2.39. The van der Waals surface area contributed by atoms with Gasteiger partial charge < -0.3 is 9.47 Å². The topological polar surface area (TPSA) is 35.5 Å². The summed E-state index contributed by atoms with van der Waals surface area (Å²) in [6.07, 6.45) is 1.54. The molecule has 11 heavy (non-hydrogen) atoms. The molecule has 2 aliphatic rings. The van der Waals surface area contributed by atoms with Crippen LogP contribution in [0, 0.1) is 5.92 Å². The summed E-state index contributed by atoms with van der Waals surface area (Å²) in [7, 11) is 0. The van der Waals surface area contributed by atoms with Crippen LogP contribution in [0.2, 0.25) is 0 Å². The monoisotopic (exact) mass is 156 g/mol. The molecule has 0 aromatic rings. The van der Waals surface area contributed by atoms with Gasteiger partial charge in [-0.1, -0.05) is 6.92 Å². The molecule has 3 nitrogen and oxygen atoms in total. The number of carbonyl (C=O) groups is 1. The van der Waals surface area contributed by atoms with Gasteiger partial charge in [0.15, 0.2) is 5.60 Å². The summed E-state index contributed by atoms with van der Waals surface area (Å²) in [6, 6.07) is 0. The van der Waals surface area contributed by atoms with Crippen molar-refractivity contribution >= 4 is 5.97 Å². The fourth-order valence-corrected chi connectivity index (χ4v) is 1.59. The van der Waals surface area contributed by atoms with Gasteiger partial charge in [0.1, 0.15) is 0 Å². The molecule has 3 heteroatoms. The highest BCUT2D eigenvalue weighted by atomic mass is 16.8. The van der Waals surface area contributed by atoms with Crippen molar-refractivity contribution in [3.63, 3.8) is 0 Å². The summed E-state index contributed by atoms with van der Waals surface area (Å²) in [4.78, 5) is 11.2. The van der Waals surface area contributed by atoms with Crippen molar-refractivity contribution in [3.8, 4) is 0 Å². The molecule has 3 atom stereocenters. The maximum absolute atomic E-state index is 11.2. The van der Waals surface area contributed by atoms with Crippen LogP contribution >= 0.6 is 0 Å². The van der Waals surface area contributed by atoms with Crippen molar-refractivity contribution < 1.29 is 14.3 Å². The zero-order chi connectivity index (χ0) is 8.06. The first kappa shape index (κ1) is 7.10. The number of hydrogen-bond acceptors (Lipinski definition) is 3. The summed E-state index contributed by atoms with van der Waals surface area (Å²) in [5.41, 5.74) is -0.628. The second-order valence-corrected chi connectivity index (χ2v) is 3.64. The molecule has 2 heterocycles. The smallest absolute Gasteiger partial charge is 0.340 e. The third-order valence-corrected chi connectivity index (χ3v) is 2.57. The van der Waals surface area contributed by atoms with Crippen molar-refractivity contribution in [2.45, 2.75) is 38.6 Å². The lowest BCUT2D eigenvalue weighted by molar-refractivity contribution is -0.148. The molecular weight excluding hydrogens is 144 g/mol. The third kappa shape index (κ3) is 0.872. The van der Waals surface area contributed by atoms with Crippen molar-refractivity contribution in [2.75, 3.05) is 0 Å². The molecule has 0 unspecified atom stereocenters. The average molecular weight is 156 g/mol. The number of rotatable bonds is 0. The predicted molar refractivity (Wildman–Crippen MR) is 37.8 cm³/mol. The second-order valence-electron chi connectivity index (χ2n) is 3.64. The molecule has 0 saturated carbocycles. The molecule has 2 saturated heterocycles.